The molecule has 11 heteroatoms. The third-order valence-corrected chi connectivity index (χ3v) is 6.82. The Bertz CT molecular complexity index is 901. The van der Waals surface area contributed by atoms with Gasteiger partial charge in [0.1, 0.15) is 24.1 Å². The minimum atomic E-state index is -3.17. The maximum absolute atomic E-state index is 12.2. The number of ether oxygens (including phenoxy) is 3. The molecule has 3 rings (SSSR count). The molecular weight excluding hydrogens is 436 g/mol. The fraction of sp³-hybridized carbons (Fsp3) is 0.762. The van der Waals surface area contributed by atoms with E-state index in [0.717, 1.165) is 0 Å². The molecule has 32 heavy (non-hydrogen) atoms. The summed E-state index contributed by atoms with van der Waals surface area (Å²) in [7, 11) is -3.17. The van der Waals surface area contributed by atoms with E-state index >= 15 is 0 Å². The molecule has 1 amide bonds. The number of nitrogens with zero attached hydrogens (tertiary/aromatic N) is 4. The quantitative estimate of drug-likeness (QED) is 0.645. The Kier molecular flexibility index (Phi) is 7.49. The highest BCUT2D eigenvalue weighted by Crippen LogP contribution is 2.28. The Morgan fingerprint density at radius 3 is 1.88 bits per heavy atom. The van der Waals surface area contributed by atoms with Crippen LogP contribution in [0.3, 0.4) is 0 Å². The van der Waals surface area contributed by atoms with Gasteiger partial charge in [0, 0.05) is 39.0 Å². The zero-order valence-corrected chi connectivity index (χ0v) is 20.4. The molecule has 0 aromatic carbocycles. The topological polar surface area (TPSA) is 111 Å². The van der Waals surface area contributed by atoms with Gasteiger partial charge in [0.15, 0.2) is 0 Å². The monoisotopic (exact) mass is 470 g/mol. The minimum absolute atomic E-state index is 0.0619. The van der Waals surface area contributed by atoms with Crippen molar-refractivity contribution >= 4 is 16.1 Å². The minimum Gasteiger partial charge on any atom is -0.474 e. The summed E-state index contributed by atoms with van der Waals surface area (Å²) in [6, 6.07) is 0. The lowest BCUT2D eigenvalue weighted by molar-refractivity contribution is 0.0122. The van der Waals surface area contributed by atoms with Gasteiger partial charge in [-0.15, -0.1) is 0 Å². The first-order valence-corrected chi connectivity index (χ1v) is 12.8. The number of sulfonamides is 1. The predicted molar refractivity (Wildman–Crippen MR) is 118 cm³/mol. The van der Waals surface area contributed by atoms with Gasteiger partial charge in [-0.2, -0.15) is 0 Å². The molecule has 2 aliphatic rings. The van der Waals surface area contributed by atoms with Crippen molar-refractivity contribution in [1.82, 2.24) is 19.2 Å². The Hall–Kier alpha value is -2.14. The molecule has 180 valence electrons. The van der Waals surface area contributed by atoms with E-state index in [2.05, 4.69) is 9.97 Å². The molecular formula is C21H34N4O6S. The van der Waals surface area contributed by atoms with Crippen LogP contribution in [-0.4, -0.2) is 83.9 Å². The van der Waals surface area contributed by atoms with E-state index in [-0.39, 0.29) is 18.3 Å². The van der Waals surface area contributed by atoms with E-state index < -0.39 is 15.6 Å². The number of aromatic nitrogens is 2. The van der Waals surface area contributed by atoms with Gasteiger partial charge in [-0.25, -0.2) is 27.5 Å². The molecule has 0 aliphatic carbocycles. The third kappa shape index (κ3) is 6.68. The maximum atomic E-state index is 12.2. The molecule has 0 bridgehead atoms. The van der Waals surface area contributed by atoms with Crippen molar-refractivity contribution in [2.75, 3.05) is 32.4 Å². The van der Waals surface area contributed by atoms with Crippen molar-refractivity contribution in [2.45, 2.75) is 71.2 Å². The van der Waals surface area contributed by atoms with Gasteiger partial charge in [-0.1, -0.05) is 0 Å². The highest BCUT2D eigenvalue weighted by atomic mass is 32.2. The Labute approximate surface area is 190 Å². The van der Waals surface area contributed by atoms with Crippen molar-refractivity contribution in [3.63, 3.8) is 0 Å². The number of likely N-dealkylation sites (tertiary alicyclic amines) is 1. The first-order valence-electron chi connectivity index (χ1n) is 11.0. The summed E-state index contributed by atoms with van der Waals surface area (Å²) in [5.41, 5.74) is 0.202. The summed E-state index contributed by atoms with van der Waals surface area (Å²) in [6.07, 6.45) is 4.76. The molecule has 3 heterocycles. The van der Waals surface area contributed by atoms with Crippen molar-refractivity contribution in [2.24, 2.45) is 0 Å². The third-order valence-electron chi connectivity index (χ3n) is 5.51. The Morgan fingerprint density at radius 1 is 0.969 bits per heavy atom. The van der Waals surface area contributed by atoms with E-state index in [0.29, 0.717) is 69.2 Å². The van der Waals surface area contributed by atoms with Crippen LogP contribution in [-0.2, 0) is 14.8 Å². The zero-order chi connectivity index (χ0) is 23.5. The molecule has 10 nitrogen and oxygen atoms in total. The van der Waals surface area contributed by atoms with Crippen molar-refractivity contribution in [3.05, 3.63) is 11.9 Å². The molecule has 0 spiro atoms. The Balaban J connectivity index is 1.53. The smallest absolute Gasteiger partial charge is 0.410 e. The average molecular weight is 471 g/mol. The summed E-state index contributed by atoms with van der Waals surface area (Å²) in [5, 5.41) is 0. The van der Waals surface area contributed by atoms with Crippen LogP contribution in [0.1, 0.15) is 52.0 Å². The van der Waals surface area contributed by atoms with E-state index in [1.807, 2.05) is 27.7 Å². The number of piperidine rings is 2. The van der Waals surface area contributed by atoms with Gasteiger partial charge in [-0.05, 0) is 40.5 Å². The molecule has 1 aromatic rings. The fourth-order valence-corrected chi connectivity index (χ4v) is 4.61. The SMILES string of the molecule is Cc1c(OC2CCN(C(=O)OC(C)(C)C)CC2)ncnc1OC1CCN(S(C)(=O)=O)CC1. The standard InChI is InChI=1S/C21H34N4O6S/c1-15-18(29-16-6-10-24(11-7-16)20(26)31-21(2,3)4)22-14-23-19(15)30-17-8-12-25(13-9-17)32(5,27)28/h14,16-17H,6-13H2,1-5H3. The van der Waals surface area contributed by atoms with Gasteiger partial charge in [0.05, 0.1) is 11.8 Å². The number of hydrogen-bond donors (Lipinski definition) is 0. The lowest BCUT2D eigenvalue weighted by atomic mass is 10.1. The van der Waals surface area contributed by atoms with Gasteiger partial charge in [0.2, 0.25) is 21.8 Å². The number of rotatable bonds is 5. The number of amides is 1. The maximum Gasteiger partial charge on any atom is 0.410 e. The highest BCUT2D eigenvalue weighted by molar-refractivity contribution is 7.88. The molecule has 2 saturated heterocycles. The van der Waals surface area contributed by atoms with Crippen LogP contribution < -0.4 is 9.47 Å². The van der Waals surface area contributed by atoms with E-state index in [9.17, 15) is 13.2 Å². The van der Waals surface area contributed by atoms with Crippen molar-refractivity contribution < 1.29 is 27.4 Å². The van der Waals surface area contributed by atoms with Crippen LogP contribution in [0.15, 0.2) is 6.33 Å². The highest BCUT2D eigenvalue weighted by Gasteiger charge is 2.29. The summed E-state index contributed by atoms with van der Waals surface area (Å²) in [4.78, 5) is 22.5. The van der Waals surface area contributed by atoms with Crippen LogP contribution in [0.2, 0.25) is 0 Å². The Morgan fingerprint density at radius 2 is 1.44 bits per heavy atom. The van der Waals surface area contributed by atoms with E-state index in [4.69, 9.17) is 14.2 Å². The fourth-order valence-electron chi connectivity index (χ4n) is 3.74. The summed E-state index contributed by atoms with van der Waals surface area (Å²) in [5.74, 6) is 0.929. The van der Waals surface area contributed by atoms with Crippen LogP contribution in [0.4, 0.5) is 4.79 Å². The van der Waals surface area contributed by atoms with Crippen molar-refractivity contribution in [1.29, 1.82) is 0 Å². The van der Waals surface area contributed by atoms with Crippen LogP contribution in [0.5, 0.6) is 11.8 Å². The molecule has 0 unspecified atom stereocenters. The van der Waals surface area contributed by atoms with Gasteiger partial charge < -0.3 is 19.1 Å². The zero-order valence-electron chi connectivity index (χ0n) is 19.5. The van der Waals surface area contributed by atoms with Crippen LogP contribution in [0, 0.1) is 6.92 Å². The molecule has 0 radical (unpaired) electrons. The van der Waals surface area contributed by atoms with Crippen LogP contribution in [0.25, 0.3) is 0 Å². The number of carbonyl (C=O) groups excluding carboxylic acids is 1. The molecule has 0 atom stereocenters. The number of carbonyl (C=O) groups is 1. The van der Waals surface area contributed by atoms with E-state index in [1.54, 1.807) is 4.90 Å². The average Bonchev–Trinajstić information content (AvgIpc) is 2.70. The molecule has 2 fully saturated rings. The first kappa shape index (κ1) is 24.5. The largest absolute Gasteiger partial charge is 0.474 e. The molecule has 0 saturated carbocycles. The summed E-state index contributed by atoms with van der Waals surface area (Å²) >= 11 is 0. The summed E-state index contributed by atoms with van der Waals surface area (Å²) < 4.78 is 42.4. The van der Waals surface area contributed by atoms with Crippen LogP contribution >= 0.6 is 0 Å². The lowest BCUT2D eigenvalue weighted by Gasteiger charge is -2.33. The molecule has 2 aliphatic heterocycles. The second-order valence-electron chi connectivity index (χ2n) is 9.37. The normalized spacial score (nSPS) is 19.6. The molecule has 1 aromatic heterocycles. The second-order valence-corrected chi connectivity index (χ2v) is 11.4. The van der Waals surface area contributed by atoms with Gasteiger partial charge in [0.25, 0.3) is 0 Å². The first-order chi connectivity index (χ1) is 14.9. The second kappa shape index (κ2) is 9.78. The van der Waals surface area contributed by atoms with Gasteiger partial charge >= 0.3 is 6.09 Å². The number of hydrogen-bond acceptors (Lipinski definition) is 8. The summed E-state index contributed by atoms with van der Waals surface area (Å²) in [6.45, 7) is 9.42. The van der Waals surface area contributed by atoms with E-state index in [1.165, 1.54) is 16.9 Å². The lowest BCUT2D eigenvalue weighted by Crippen LogP contribution is -2.44. The predicted octanol–water partition coefficient (Wildman–Crippen LogP) is 2.37. The molecule has 0 N–H and O–H groups in total. The van der Waals surface area contributed by atoms with Crippen molar-refractivity contribution in [3.8, 4) is 11.8 Å². The van der Waals surface area contributed by atoms with Gasteiger partial charge in [-0.3, -0.25) is 0 Å².